The summed E-state index contributed by atoms with van der Waals surface area (Å²) in [6.07, 6.45) is 0.268. The van der Waals surface area contributed by atoms with Crippen LogP contribution in [0, 0.1) is 5.92 Å². The second-order valence-corrected chi connectivity index (χ2v) is 5.27. The largest absolute Gasteiger partial charge is 0.495 e. The zero-order valence-electron chi connectivity index (χ0n) is 10.4. The Hall–Kier alpha value is -0.780. The fourth-order valence-electron chi connectivity index (χ4n) is 2.03. The van der Waals surface area contributed by atoms with Gasteiger partial charge in [-0.3, -0.25) is 0 Å². The van der Waals surface area contributed by atoms with Crippen molar-refractivity contribution in [1.82, 2.24) is 0 Å². The van der Waals surface area contributed by atoms with Gasteiger partial charge >= 0.3 is 0 Å². The van der Waals surface area contributed by atoms with Crippen molar-refractivity contribution in [2.24, 2.45) is 5.92 Å². The van der Waals surface area contributed by atoms with Crippen LogP contribution in [-0.2, 0) is 0 Å². The number of ether oxygens (including phenoxy) is 2. The fourth-order valence-corrected chi connectivity index (χ4v) is 2.72. The van der Waals surface area contributed by atoms with Gasteiger partial charge in [0.05, 0.1) is 20.3 Å². The first-order valence-corrected chi connectivity index (χ1v) is 6.66. The Labute approximate surface area is 115 Å². The van der Waals surface area contributed by atoms with Crippen LogP contribution in [0.4, 0.5) is 0 Å². The lowest BCUT2D eigenvalue weighted by Crippen LogP contribution is -2.21. The first-order chi connectivity index (χ1) is 8.60. The Balaban J connectivity index is 2.34. The summed E-state index contributed by atoms with van der Waals surface area (Å²) in [5, 5.41) is 20.2. The zero-order valence-corrected chi connectivity index (χ0v) is 12.0. The molecule has 0 saturated heterocycles. The predicted octanol–water partition coefficient (Wildman–Crippen LogP) is 2.27. The topological polar surface area (TPSA) is 58.9 Å². The molecule has 1 aromatic carbocycles. The Morgan fingerprint density at radius 1 is 1.22 bits per heavy atom. The van der Waals surface area contributed by atoms with Crippen LogP contribution in [0.25, 0.3) is 0 Å². The summed E-state index contributed by atoms with van der Waals surface area (Å²) in [6, 6.07) is 3.46. The second kappa shape index (κ2) is 5.47. The van der Waals surface area contributed by atoms with Gasteiger partial charge in [0.2, 0.25) is 0 Å². The van der Waals surface area contributed by atoms with Crippen LogP contribution in [0.5, 0.6) is 11.5 Å². The molecule has 100 valence electrons. The van der Waals surface area contributed by atoms with Crippen molar-refractivity contribution in [2.45, 2.75) is 25.0 Å². The van der Waals surface area contributed by atoms with Gasteiger partial charge in [-0.2, -0.15) is 0 Å². The number of aliphatic hydroxyl groups excluding tert-OH is 2. The molecule has 2 rings (SSSR count). The van der Waals surface area contributed by atoms with E-state index in [1.165, 1.54) is 7.11 Å². The molecule has 0 spiro atoms. The van der Waals surface area contributed by atoms with E-state index in [1.54, 1.807) is 19.2 Å². The number of rotatable bonds is 5. The Bertz CT molecular complexity index is 431. The molecule has 5 heteroatoms. The summed E-state index contributed by atoms with van der Waals surface area (Å²) in [6.45, 7) is 0. The number of methoxy groups -OCH3 is 2. The van der Waals surface area contributed by atoms with Gasteiger partial charge in [-0.1, -0.05) is 0 Å². The highest BCUT2D eigenvalue weighted by Gasteiger charge is 2.36. The van der Waals surface area contributed by atoms with Crippen LogP contribution in [0.2, 0.25) is 0 Å². The van der Waals surface area contributed by atoms with Crippen molar-refractivity contribution >= 4 is 15.9 Å². The number of aliphatic hydroxyl groups is 2. The smallest absolute Gasteiger partial charge is 0.142 e. The summed E-state index contributed by atoms with van der Waals surface area (Å²) in [4.78, 5) is 0. The monoisotopic (exact) mass is 316 g/mol. The average molecular weight is 317 g/mol. The summed E-state index contributed by atoms with van der Waals surface area (Å²) in [5.74, 6) is 1.33. The van der Waals surface area contributed by atoms with Crippen molar-refractivity contribution < 1.29 is 19.7 Å². The third-order valence-electron chi connectivity index (χ3n) is 3.26. The first kappa shape index (κ1) is 13.6. The van der Waals surface area contributed by atoms with Gasteiger partial charge in [0, 0.05) is 5.56 Å². The lowest BCUT2D eigenvalue weighted by Gasteiger charge is -2.21. The molecule has 18 heavy (non-hydrogen) atoms. The molecule has 1 aromatic rings. The summed E-state index contributed by atoms with van der Waals surface area (Å²) < 4.78 is 11.1. The van der Waals surface area contributed by atoms with Crippen molar-refractivity contribution in [3.63, 3.8) is 0 Å². The summed E-state index contributed by atoms with van der Waals surface area (Å²) in [5.41, 5.74) is 0.574. The molecular weight excluding hydrogens is 300 g/mol. The zero-order chi connectivity index (χ0) is 13.3. The molecule has 1 aliphatic carbocycles. The van der Waals surface area contributed by atoms with E-state index in [1.807, 2.05) is 0 Å². The van der Waals surface area contributed by atoms with E-state index in [0.29, 0.717) is 21.5 Å². The maximum Gasteiger partial charge on any atom is 0.142 e. The van der Waals surface area contributed by atoms with Crippen molar-refractivity contribution in [1.29, 1.82) is 0 Å². The molecule has 0 heterocycles. The van der Waals surface area contributed by atoms with E-state index in [2.05, 4.69) is 15.9 Å². The van der Waals surface area contributed by atoms with Gasteiger partial charge in [0.25, 0.3) is 0 Å². The van der Waals surface area contributed by atoms with Crippen LogP contribution in [-0.4, -0.2) is 30.5 Å². The van der Waals surface area contributed by atoms with Gasteiger partial charge in [-0.05, 0) is 46.8 Å². The highest BCUT2D eigenvalue weighted by atomic mass is 79.9. The van der Waals surface area contributed by atoms with Gasteiger partial charge in [-0.25, -0.2) is 0 Å². The van der Waals surface area contributed by atoms with E-state index in [0.717, 1.165) is 12.8 Å². The molecule has 0 aromatic heterocycles. The second-order valence-electron chi connectivity index (χ2n) is 4.48. The van der Waals surface area contributed by atoms with Crippen molar-refractivity contribution in [3.8, 4) is 11.5 Å². The van der Waals surface area contributed by atoms with Crippen LogP contribution in [0.3, 0.4) is 0 Å². The van der Waals surface area contributed by atoms with E-state index in [4.69, 9.17) is 9.47 Å². The third-order valence-corrected chi connectivity index (χ3v) is 4.01. The highest BCUT2D eigenvalue weighted by molar-refractivity contribution is 9.10. The Morgan fingerprint density at radius 2 is 1.89 bits per heavy atom. The molecular formula is C13H17BrO4. The minimum absolute atomic E-state index is 0.200. The quantitative estimate of drug-likeness (QED) is 0.875. The summed E-state index contributed by atoms with van der Waals surface area (Å²) in [7, 11) is 3.09. The van der Waals surface area contributed by atoms with Crippen LogP contribution < -0.4 is 9.47 Å². The molecule has 1 saturated carbocycles. The van der Waals surface area contributed by atoms with Crippen molar-refractivity contribution in [2.75, 3.05) is 14.2 Å². The van der Waals surface area contributed by atoms with Gasteiger partial charge in [0.1, 0.15) is 22.1 Å². The predicted molar refractivity (Wildman–Crippen MR) is 70.9 cm³/mol. The van der Waals surface area contributed by atoms with Gasteiger partial charge < -0.3 is 19.7 Å². The Kier molecular flexibility index (Phi) is 4.14. The number of benzene rings is 1. The summed E-state index contributed by atoms with van der Waals surface area (Å²) >= 11 is 3.38. The SMILES string of the molecule is COc1ccc(C(O)C(O)C2CC2)c(OC)c1Br. The fraction of sp³-hybridized carbons (Fsp3) is 0.538. The molecule has 2 N–H and O–H groups in total. The lowest BCUT2D eigenvalue weighted by molar-refractivity contribution is 0.00353. The number of halogens is 1. The van der Waals surface area contributed by atoms with E-state index >= 15 is 0 Å². The number of hydrogen-bond acceptors (Lipinski definition) is 4. The standard InChI is InChI=1S/C13H17BrO4/c1-17-9-6-5-8(13(18-2)10(9)14)12(16)11(15)7-3-4-7/h5-7,11-12,15-16H,3-4H2,1-2H3. The van der Waals surface area contributed by atoms with Gasteiger partial charge in [-0.15, -0.1) is 0 Å². The lowest BCUT2D eigenvalue weighted by atomic mass is 10.00. The van der Waals surface area contributed by atoms with E-state index in [9.17, 15) is 10.2 Å². The first-order valence-electron chi connectivity index (χ1n) is 5.86. The molecule has 1 aliphatic rings. The van der Waals surface area contributed by atoms with E-state index in [-0.39, 0.29) is 5.92 Å². The van der Waals surface area contributed by atoms with Crippen molar-refractivity contribution in [3.05, 3.63) is 22.2 Å². The molecule has 0 amide bonds. The normalized spacial score (nSPS) is 18.3. The molecule has 0 aliphatic heterocycles. The molecule has 4 nitrogen and oxygen atoms in total. The average Bonchev–Trinajstić information content (AvgIpc) is 3.20. The minimum atomic E-state index is -0.936. The van der Waals surface area contributed by atoms with Crippen LogP contribution in [0.15, 0.2) is 16.6 Å². The maximum absolute atomic E-state index is 10.2. The molecule has 0 bridgehead atoms. The Morgan fingerprint density at radius 3 is 2.39 bits per heavy atom. The van der Waals surface area contributed by atoms with Crippen LogP contribution in [0.1, 0.15) is 24.5 Å². The highest BCUT2D eigenvalue weighted by Crippen LogP contribution is 2.44. The van der Waals surface area contributed by atoms with Crippen LogP contribution >= 0.6 is 15.9 Å². The molecule has 2 atom stereocenters. The molecule has 2 unspecified atom stereocenters. The van der Waals surface area contributed by atoms with E-state index < -0.39 is 12.2 Å². The number of hydrogen-bond donors (Lipinski definition) is 2. The third kappa shape index (κ3) is 2.48. The molecule has 0 radical (unpaired) electrons. The molecule has 1 fully saturated rings. The van der Waals surface area contributed by atoms with Gasteiger partial charge in [0.15, 0.2) is 0 Å². The minimum Gasteiger partial charge on any atom is -0.495 e. The maximum atomic E-state index is 10.2.